The Hall–Kier alpha value is -2.41. The number of aliphatic hydroxyl groups is 1. The van der Waals surface area contributed by atoms with Gasteiger partial charge >= 0.3 is 17.9 Å². The highest BCUT2D eigenvalue weighted by molar-refractivity contribution is 5.92. The van der Waals surface area contributed by atoms with E-state index in [1.54, 1.807) is 13.8 Å². The summed E-state index contributed by atoms with van der Waals surface area (Å²) >= 11 is 0. The molecular weight excluding hydrogens is 400 g/mol. The third kappa shape index (κ3) is 3.84. The zero-order valence-corrected chi connectivity index (χ0v) is 18.9. The van der Waals surface area contributed by atoms with Crippen LogP contribution in [0.3, 0.4) is 0 Å². The summed E-state index contributed by atoms with van der Waals surface area (Å²) in [7, 11) is 0. The van der Waals surface area contributed by atoms with Crippen molar-refractivity contribution in [2.75, 3.05) is 0 Å². The predicted molar refractivity (Wildman–Crippen MR) is 113 cm³/mol. The summed E-state index contributed by atoms with van der Waals surface area (Å²) in [5.74, 6) is -2.30. The SMILES string of the molecule is C=C(C)C(=O)OC1C2=C(C)C(OC(=O)C(C)CC)CC(O)C2(C)CC2OC(=O)C(=C)C21. The van der Waals surface area contributed by atoms with Crippen LogP contribution in [0, 0.1) is 17.3 Å². The van der Waals surface area contributed by atoms with Crippen LogP contribution >= 0.6 is 0 Å². The average molecular weight is 433 g/mol. The molecule has 3 aliphatic rings. The maximum absolute atomic E-state index is 12.5. The van der Waals surface area contributed by atoms with E-state index in [4.69, 9.17) is 14.2 Å². The summed E-state index contributed by atoms with van der Waals surface area (Å²) in [6.45, 7) is 16.5. The molecule has 1 heterocycles. The van der Waals surface area contributed by atoms with Crippen molar-refractivity contribution in [2.45, 2.75) is 78.3 Å². The highest BCUT2D eigenvalue weighted by Crippen LogP contribution is 2.56. The largest absolute Gasteiger partial charge is 0.458 e. The topological polar surface area (TPSA) is 99.1 Å². The van der Waals surface area contributed by atoms with Crippen molar-refractivity contribution in [3.63, 3.8) is 0 Å². The molecule has 1 aliphatic heterocycles. The maximum Gasteiger partial charge on any atom is 0.334 e. The van der Waals surface area contributed by atoms with Gasteiger partial charge in [-0.05, 0) is 37.8 Å². The van der Waals surface area contributed by atoms with E-state index in [1.807, 2.05) is 20.8 Å². The number of ether oxygens (including phenoxy) is 3. The standard InChI is InChI=1S/C24H32O7/c1-8-12(4)22(27)29-15-9-17(25)24(7)10-16-18(14(6)23(28)30-16)20(19(24)13(15)5)31-21(26)11(2)3/h12,15-18,20,25H,2,6,8-10H2,1,3-5,7H3. The van der Waals surface area contributed by atoms with Crippen molar-refractivity contribution in [3.05, 3.63) is 35.5 Å². The second-order valence-corrected chi connectivity index (χ2v) is 9.31. The molecule has 7 heteroatoms. The van der Waals surface area contributed by atoms with E-state index in [9.17, 15) is 19.5 Å². The van der Waals surface area contributed by atoms with Gasteiger partial charge in [0, 0.05) is 23.0 Å². The molecule has 0 bridgehead atoms. The van der Waals surface area contributed by atoms with Crippen molar-refractivity contribution in [1.29, 1.82) is 0 Å². The lowest BCUT2D eigenvalue weighted by Gasteiger charge is -2.52. The van der Waals surface area contributed by atoms with Crippen LogP contribution in [0.2, 0.25) is 0 Å². The van der Waals surface area contributed by atoms with Crippen LogP contribution < -0.4 is 0 Å². The van der Waals surface area contributed by atoms with Gasteiger partial charge in [0.25, 0.3) is 0 Å². The molecule has 0 spiro atoms. The lowest BCUT2D eigenvalue weighted by Crippen LogP contribution is -2.55. The molecule has 0 amide bonds. The highest BCUT2D eigenvalue weighted by atomic mass is 16.6. The Kier molecular flexibility index (Phi) is 6.20. The Bertz CT molecular complexity index is 869. The van der Waals surface area contributed by atoms with Crippen LogP contribution in [0.4, 0.5) is 0 Å². The minimum absolute atomic E-state index is 0.217. The van der Waals surface area contributed by atoms with Gasteiger partial charge in [0.15, 0.2) is 0 Å². The van der Waals surface area contributed by atoms with Crippen LogP contribution in [0.1, 0.15) is 53.9 Å². The molecule has 0 aromatic rings. The summed E-state index contributed by atoms with van der Waals surface area (Å²) in [5.41, 5.74) is 1.04. The molecule has 170 valence electrons. The van der Waals surface area contributed by atoms with Crippen LogP contribution in [0.5, 0.6) is 0 Å². The number of hydrogen-bond donors (Lipinski definition) is 1. The Balaban J connectivity index is 2.09. The molecule has 2 fully saturated rings. The molecule has 1 saturated heterocycles. The van der Waals surface area contributed by atoms with Gasteiger partial charge in [0.05, 0.1) is 17.9 Å². The third-order valence-corrected chi connectivity index (χ3v) is 7.11. The fourth-order valence-corrected chi connectivity index (χ4v) is 4.94. The highest BCUT2D eigenvalue weighted by Gasteiger charge is 2.60. The summed E-state index contributed by atoms with van der Waals surface area (Å²) in [6.07, 6.45) is -1.72. The first-order valence-electron chi connectivity index (χ1n) is 10.8. The molecular formula is C24H32O7. The molecule has 7 nitrogen and oxygen atoms in total. The molecule has 7 atom stereocenters. The van der Waals surface area contributed by atoms with E-state index >= 15 is 0 Å². The minimum Gasteiger partial charge on any atom is -0.458 e. The number of carbonyl (C=O) groups excluding carboxylic acids is 3. The van der Waals surface area contributed by atoms with Gasteiger partial charge < -0.3 is 19.3 Å². The van der Waals surface area contributed by atoms with Gasteiger partial charge in [-0.15, -0.1) is 0 Å². The van der Waals surface area contributed by atoms with Crippen molar-refractivity contribution < 1.29 is 33.7 Å². The Morgan fingerprint density at radius 2 is 2.00 bits per heavy atom. The zero-order chi connectivity index (χ0) is 23.2. The van der Waals surface area contributed by atoms with Crippen LogP contribution in [-0.2, 0) is 28.6 Å². The molecule has 0 aromatic carbocycles. The lowest BCUT2D eigenvalue weighted by molar-refractivity contribution is -0.161. The maximum atomic E-state index is 12.5. The van der Waals surface area contributed by atoms with E-state index < -0.39 is 47.7 Å². The molecule has 0 aromatic heterocycles. The Labute approximate surface area is 183 Å². The summed E-state index contributed by atoms with van der Waals surface area (Å²) in [5, 5.41) is 11.1. The van der Waals surface area contributed by atoms with Gasteiger partial charge in [-0.3, -0.25) is 4.79 Å². The van der Waals surface area contributed by atoms with Crippen LogP contribution in [-0.4, -0.2) is 47.4 Å². The monoisotopic (exact) mass is 432 g/mol. The Morgan fingerprint density at radius 3 is 2.58 bits per heavy atom. The molecule has 1 N–H and O–H groups in total. The van der Waals surface area contributed by atoms with Crippen molar-refractivity contribution >= 4 is 17.9 Å². The van der Waals surface area contributed by atoms with E-state index in [-0.39, 0.29) is 29.5 Å². The van der Waals surface area contributed by atoms with Gasteiger partial charge in [0.2, 0.25) is 0 Å². The first-order valence-corrected chi connectivity index (χ1v) is 10.8. The van der Waals surface area contributed by atoms with Gasteiger partial charge in [0.1, 0.15) is 18.3 Å². The first-order chi connectivity index (χ1) is 14.4. The molecule has 1 saturated carbocycles. The fourth-order valence-electron chi connectivity index (χ4n) is 4.94. The molecule has 31 heavy (non-hydrogen) atoms. The van der Waals surface area contributed by atoms with Gasteiger partial charge in [-0.1, -0.05) is 33.9 Å². The fraction of sp³-hybridized carbons (Fsp3) is 0.625. The number of esters is 3. The zero-order valence-electron chi connectivity index (χ0n) is 18.9. The van der Waals surface area contributed by atoms with Crippen molar-refractivity contribution in [2.24, 2.45) is 17.3 Å². The smallest absolute Gasteiger partial charge is 0.334 e. The number of carbonyl (C=O) groups is 3. The van der Waals surface area contributed by atoms with Crippen LogP contribution in [0.25, 0.3) is 0 Å². The second kappa shape index (κ2) is 8.26. The minimum atomic E-state index is -0.875. The van der Waals surface area contributed by atoms with Gasteiger partial charge in [-0.25, -0.2) is 9.59 Å². The summed E-state index contributed by atoms with van der Waals surface area (Å²) < 4.78 is 17.1. The quantitative estimate of drug-likeness (QED) is 0.309. The summed E-state index contributed by atoms with van der Waals surface area (Å²) in [6, 6.07) is 0. The predicted octanol–water partition coefficient (Wildman–Crippen LogP) is 3.02. The molecule has 2 aliphatic carbocycles. The number of hydrogen-bond acceptors (Lipinski definition) is 7. The number of fused-ring (bicyclic) bond motifs is 2. The molecule has 3 rings (SSSR count). The Morgan fingerprint density at radius 1 is 1.35 bits per heavy atom. The number of aliphatic hydroxyl groups excluding tert-OH is 1. The van der Waals surface area contributed by atoms with Crippen molar-refractivity contribution in [1.82, 2.24) is 0 Å². The third-order valence-electron chi connectivity index (χ3n) is 7.11. The first kappa shape index (κ1) is 23.3. The summed E-state index contributed by atoms with van der Waals surface area (Å²) in [4.78, 5) is 37.2. The molecule has 7 unspecified atom stereocenters. The van der Waals surface area contributed by atoms with E-state index in [1.165, 1.54) is 0 Å². The average Bonchev–Trinajstić information content (AvgIpc) is 2.98. The van der Waals surface area contributed by atoms with Crippen molar-refractivity contribution in [3.8, 4) is 0 Å². The van der Waals surface area contributed by atoms with E-state index in [2.05, 4.69) is 13.2 Å². The van der Waals surface area contributed by atoms with E-state index in [0.29, 0.717) is 18.4 Å². The second-order valence-electron chi connectivity index (χ2n) is 9.31. The van der Waals surface area contributed by atoms with Gasteiger partial charge in [-0.2, -0.15) is 0 Å². The lowest BCUT2D eigenvalue weighted by atomic mass is 9.57. The number of rotatable bonds is 5. The van der Waals surface area contributed by atoms with Crippen LogP contribution in [0.15, 0.2) is 35.5 Å². The normalized spacial score (nSPS) is 35.6. The molecule has 0 radical (unpaired) electrons. The van der Waals surface area contributed by atoms with E-state index in [0.717, 1.165) is 5.57 Å².